The standard InChI is InChI=1S/C17H29N3/c1-3-8-18-17(7-5-14-11-19-20(2)12-14)16-10-13-4-6-15(16)9-13/h11-13,15-18H,3-10H2,1-2H3. The van der Waals surface area contributed by atoms with Crippen LogP contribution in [0.5, 0.6) is 0 Å². The lowest BCUT2D eigenvalue weighted by atomic mass is 9.81. The van der Waals surface area contributed by atoms with Crippen LogP contribution in [0.15, 0.2) is 12.4 Å². The second kappa shape index (κ2) is 6.30. The molecule has 2 fully saturated rings. The van der Waals surface area contributed by atoms with Gasteiger partial charge in [0.1, 0.15) is 0 Å². The van der Waals surface area contributed by atoms with Crippen molar-refractivity contribution in [3.63, 3.8) is 0 Å². The first kappa shape index (κ1) is 14.1. The summed E-state index contributed by atoms with van der Waals surface area (Å²) in [4.78, 5) is 0. The van der Waals surface area contributed by atoms with E-state index in [-0.39, 0.29) is 0 Å². The molecule has 2 saturated carbocycles. The highest BCUT2D eigenvalue weighted by Crippen LogP contribution is 2.50. The molecule has 0 amide bonds. The number of rotatable bonds is 7. The van der Waals surface area contributed by atoms with E-state index in [0.29, 0.717) is 0 Å². The van der Waals surface area contributed by atoms with Gasteiger partial charge in [0, 0.05) is 19.3 Å². The fraction of sp³-hybridized carbons (Fsp3) is 0.824. The van der Waals surface area contributed by atoms with Crippen molar-refractivity contribution in [3.8, 4) is 0 Å². The largest absolute Gasteiger partial charge is 0.314 e. The summed E-state index contributed by atoms with van der Waals surface area (Å²) in [5.41, 5.74) is 1.39. The Morgan fingerprint density at radius 1 is 1.40 bits per heavy atom. The van der Waals surface area contributed by atoms with Crippen LogP contribution in [0.4, 0.5) is 0 Å². The van der Waals surface area contributed by atoms with Crippen LogP contribution < -0.4 is 5.32 Å². The number of aryl methyl sites for hydroxylation is 2. The van der Waals surface area contributed by atoms with Crippen LogP contribution in [-0.4, -0.2) is 22.4 Å². The van der Waals surface area contributed by atoms with Crippen molar-refractivity contribution in [3.05, 3.63) is 18.0 Å². The van der Waals surface area contributed by atoms with E-state index in [2.05, 4.69) is 23.5 Å². The molecule has 1 aromatic rings. The Morgan fingerprint density at radius 3 is 2.90 bits per heavy atom. The molecule has 20 heavy (non-hydrogen) atoms. The topological polar surface area (TPSA) is 29.9 Å². The van der Waals surface area contributed by atoms with Gasteiger partial charge in [-0.15, -0.1) is 0 Å². The van der Waals surface area contributed by atoms with Gasteiger partial charge in [0.05, 0.1) is 6.20 Å². The van der Waals surface area contributed by atoms with Gasteiger partial charge >= 0.3 is 0 Å². The minimum atomic E-state index is 0.727. The fourth-order valence-electron chi connectivity index (χ4n) is 4.51. The molecule has 3 nitrogen and oxygen atoms in total. The number of fused-ring (bicyclic) bond motifs is 2. The van der Waals surface area contributed by atoms with Crippen LogP contribution in [0.2, 0.25) is 0 Å². The molecular weight excluding hydrogens is 246 g/mol. The summed E-state index contributed by atoms with van der Waals surface area (Å²) < 4.78 is 1.92. The molecule has 1 N–H and O–H groups in total. The van der Waals surface area contributed by atoms with Crippen LogP contribution in [0.1, 0.15) is 51.0 Å². The van der Waals surface area contributed by atoms with Gasteiger partial charge in [-0.3, -0.25) is 4.68 Å². The molecule has 4 atom stereocenters. The fourth-order valence-corrected chi connectivity index (χ4v) is 4.51. The average Bonchev–Trinajstić information content (AvgIpc) is 3.15. The van der Waals surface area contributed by atoms with Gasteiger partial charge < -0.3 is 5.32 Å². The summed E-state index contributed by atoms with van der Waals surface area (Å²) in [7, 11) is 2.01. The predicted molar refractivity (Wildman–Crippen MR) is 82.5 cm³/mol. The van der Waals surface area contributed by atoms with Gasteiger partial charge in [-0.25, -0.2) is 0 Å². The minimum Gasteiger partial charge on any atom is -0.314 e. The average molecular weight is 275 g/mol. The Morgan fingerprint density at radius 2 is 2.30 bits per heavy atom. The number of hydrogen-bond donors (Lipinski definition) is 1. The van der Waals surface area contributed by atoms with Crippen molar-refractivity contribution in [2.45, 2.75) is 57.9 Å². The molecule has 112 valence electrons. The summed E-state index contributed by atoms with van der Waals surface area (Å²) in [6.07, 6.45) is 13.9. The van der Waals surface area contributed by atoms with Crippen molar-refractivity contribution < 1.29 is 0 Å². The second-order valence-electron chi connectivity index (χ2n) is 6.96. The van der Waals surface area contributed by atoms with Crippen LogP contribution in [0.25, 0.3) is 0 Å². The highest BCUT2D eigenvalue weighted by Gasteiger charge is 2.42. The first-order valence-corrected chi connectivity index (χ1v) is 8.47. The highest BCUT2D eigenvalue weighted by atomic mass is 15.2. The van der Waals surface area contributed by atoms with E-state index in [9.17, 15) is 0 Å². The van der Waals surface area contributed by atoms with Crippen LogP contribution in [0, 0.1) is 17.8 Å². The number of hydrogen-bond acceptors (Lipinski definition) is 2. The molecule has 0 saturated heterocycles. The van der Waals surface area contributed by atoms with Crippen molar-refractivity contribution in [2.75, 3.05) is 6.54 Å². The Hall–Kier alpha value is -0.830. The predicted octanol–water partition coefficient (Wildman–Crippen LogP) is 3.16. The number of nitrogens with zero attached hydrogens (tertiary/aromatic N) is 2. The number of aromatic nitrogens is 2. The molecule has 0 radical (unpaired) electrons. The van der Waals surface area contributed by atoms with Gasteiger partial charge in [-0.1, -0.05) is 13.3 Å². The maximum Gasteiger partial charge on any atom is 0.0521 e. The van der Waals surface area contributed by atoms with Gasteiger partial charge in [0.15, 0.2) is 0 Å². The molecule has 0 aromatic carbocycles. The van der Waals surface area contributed by atoms with Crippen molar-refractivity contribution in [1.29, 1.82) is 0 Å². The smallest absolute Gasteiger partial charge is 0.0521 e. The third-order valence-corrected chi connectivity index (χ3v) is 5.47. The van der Waals surface area contributed by atoms with Crippen LogP contribution in [-0.2, 0) is 13.5 Å². The first-order chi connectivity index (χ1) is 9.76. The SMILES string of the molecule is CCCNC(CCc1cnn(C)c1)C1CC2CCC1C2. The Labute approximate surface area is 123 Å². The first-order valence-electron chi connectivity index (χ1n) is 8.47. The molecular formula is C17H29N3. The van der Waals surface area contributed by atoms with Gasteiger partial charge in [0.25, 0.3) is 0 Å². The summed E-state index contributed by atoms with van der Waals surface area (Å²) in [5.74, 6) is 3.01. The molecule has 3 rings (SSSR count). The van der Waals surface area contributed by atoms with Gasteiger partial charge in [0.2, 0.25) is 0 Å². The van der Waals surface area contributed by atoms with Gasteiger partial charge in [-0.05, 0) is 68.4 Å². The van der Waals surface area contributed by atoms with E-state index < -0.39 is 0 Å². The molecule has 2 bridgehead atoms. The second-order valence-corrected chi connectivity index (χ2v) is 6.96. The summed E-state index contributed by atoms with van der Waals surface area (Å²) in [6, 6.07) is 0.727. The van der Waals surface area contributed by atoms with Crippen molar-refractivity contribution >= 4 is 0 Å². The van der Waals surface area contributed by atoms with E-state index >= 15 is 0 Å². The summed E-state index contributed by atoms with van der Waals surface area (Å²) in [5, 5.41) is 8.13. The van der Waals surface area contributed by atoms with E-state index in [4.69, 9.17) is 0 Å². The summed E-state index contributed by atoms with van der Waals surface area (Å²) >= 11 is 0. The van der Waals surface area contributed by atoms with Crippen LogP contribution >= 0.6 is 0 Å². The molecule has 4 unspecified atom stereocenters. The van der Waals surface area contributed by atoms with E-state index in [0.717, 1.165) is 23.8 Å². The molecule has 1 heterocycles. The van der Waals surface area contributed by atoms with Crippen LogP contribution in [0.3, 0.4) is 0 Å². The highest BCUT2D eigenvalue weighted by molar-refractivity contribution is 5.05. The zero-order chi connectivity index (χ0) is 13.9. The lowest BCUT2D eigenvalue weighted by Crippen LogP contribution is -2.39. The third kappa shape index (κ3) is 3.08. The van der Waals surface area contributed by atoms with E-state index in [1.807, 2.05) is 17.9 Å². The summed E-state index contributed by atoms with van der Waals surface area (Å²) in [6.45, 7) is 3.44. The molecule has 2 aliphatic rings. The number of nitrogens with one attached hydrogen (secondary N) is 1. The monoisotopic (exact) mass is 275 g/mol. The normalized spacial score (nSPS) is 30.0. The molecule has 3 heteroatoms. The Balaban J connectivity index is 1.58. The maximum absolute atomic E-state index is 4.29. The molecule has 0 spiro atoms. The van der Waals surface area contributed by atoms with Gasteiger partial charge in [-0.2, -0.15) is 5.10 Å². The molecule has 2 aliphatic carbocycles. The molecule has 0 aliphatic heterocycles. The Kier molecular flexibility index (Phi) is 4.45. The van der Waals surface area contributed by atoms with E-state index in [1.54, 1.807) is 0 Å². The molecule has 1 aromatic heterocycles. The Bertz CT molecular complexity index is 426. The third-order valence-electron chi connectivity index (χ3n) is 5.47. The minimum absolute atomic E-state index is 0.727. The lowest BCUT2D eigenvalue weighted by Gasteiger charge is -2.31. The zero-order valence-electron chi connectivity index (χ0n) is 13.0. The van der Waals surface area contributed by atoms with Crippen molar-refractivity contribution in [1.82, 2.24) is 15.1 Å². The maximum atomic E-state index is 4.29. The van der Waals surface area contributed by atoms with Crippen molar-refractivity contribution in [2.24, 2.45) is 24.8 Å². The quantitative estimate of drug-likeness (QED) is 0.828. The lowest BCUT2D eigenvalue weighted by molar-refractivity contribution is 0.239. The zero-order valence-corrected chi connectivity index (χ0v) is 13.0. The van der Waals surface area contributed by atoms with E-state index in [1.165, 1.54) is 57.1 Å².